The number of nitrogens with one attached hydrogen (secondary N) is 1. The summed E-state index contributed by atoms with van der Waals surface area (Å²) in [5.41, 5.74) is 2.83. The first kappa shape index (κ1) is 17.5. The number of halogens is 1. The molecule has 0 saturated carbocycles. The first-order valence-electron chi connectivity index (χ1n) is 7.86. The molecule has 5 nitrogen and oxygen atoms in total. The average molecular weight is 366 g/mol. The molecular formula is C17H20ClN3O2S. The number of benzene rings is 1. The monoisotopic (exact) mass is 365 g/mol. The Bertz CT molecular complexity index is 748. The van der Waals surface area contributed by atoms with Crippen LogP contribution in [-0.2, 0) is 23.5 Å². The van der Waals surface area contributed by atoms with Gasteiger partial charge in [0, 0.05) is 43.9 Å². The zero-order valence-electron chi connectivity index (χ0n) is 13.5. The first-order valence-corrected chi connectivity index (χ1v) is 9.22. The number of aromatic amines is 1. The molecule has 2 aromatic rings. The van der Waals surface area contributed by atoms with E-state index in [1.54, 1.807) is 7.11 Å². The van der Waals surface area contributed by atoms with Crippen LogP contribution in [0.2, 0.25) is 5.02 Å². The minimum Gasteiger partial charge on any atom is -0.383 e. The van der Waals surface area contributed by atoms with Gasteiger partial charge in [-0.25, -0.2) is 4.98 Å². The molecule has 1 aromatic heterocycles. The Labute approximate surface area is 150 Å². The number of hydrogen-bond donors (Lipinski definition) is 1. The number of aromatic nitrogens is 2. The molecule has 0 aliphatic carbocycles. The third-order valence-corrected chi connectivity index (χ3v) is 5.22. The largest absolute Gasteiger partial charge is 0.383 e. The van der Waals surface area contributed by atoms with Crippen molar-refractivity contribution in [3.63, 3.8) is 0 Å². The summed E-state index contributed by atoms with van der Waals surface area (Å²) in [7, 11) is 1.69. The number of rotatable bonds is 6. The number of hydrogen-bond acceptors (Lipinski definition) is 5. The lowest BCUT2D eigenvalue weighted by Gasteiger charge is -2.27. The normalized spacial score (nSPS) is 14.6. The van der Waals surface area contributed by atoms with Crippen molar-refractivity contribution in [1.29, 1.82) is 0 Å². The van der Waals surface area contributed by atoms with Crippen LogP contribution in [0, 0.1) is 0 Å². The van der Waals surface area contributed by atoms with E-state index >= 15 is 0 Å². The Morgan fingerprint density at radius 1 is 1.38 bits per heavy atom. The van der Waals surface area contributed by atoms with Crippen LogP contribution in [0.3, 0.4) is 0 Å². The molecule has 1 aliphatic rings. The maximum absolute atomic E-state index is 12.4. The van der Waals surface area contributed by atoms with Crippen LogP contribution in [0.5, 0.6) is 0 Å². The van der Waals surface area contributed by atoms with Crippen LogP contribution in [-0.4, -0.2) is 41.7 Å². The van der Waals surface area contributed by atoms with Gasteiger partial charge in [-0.1, -0.05) is 35.5 Å². The second-order valence-electron chi connectivity index (χ2n) is 5.73. The summed E-state index contributed by atoms with van der Waals surface area (Å²) in [5, 5.41) is 1.40. The van der Waals surface area contributed by atoms with Crippen molar-refractivity contribution in [2.45, 2.75) is 23.9 Å². The highest BCUT2D eigenvalue weighted by Crippen LogP contribution is 2.22. The van der Waals surface area contributed by atoms with E-state index in [4.69, 9.17) is 16.3 Å². The number of fused-ring (bicyclic) bond motifs is 1. The zero-order chi connectivity index (χ0) is 16.9. The minimum atomic E-state index is -0.0271. The molecule has 0 atom stereocenters. The van der Waals surface area contributed by atoms with Gasteiger partial charge in [-0.05, 0) is 17.7 Å². The fourth-order valence-electron chi connectivity index (χ4n) is 2.67. The summed E-state index contributed by atoms with van der Waals surface area (Å²) in [4.78, 5) is 22.2. The van der Waals surface area contributed by atoms with E-state index in [1.165, 1.54) is 11.8 Å². The highest BCUT2D eigenvalue weighted by Gasteiger charge is 2.20. The molecule has 1 N–H and O–H groups in total. The minimum absolute atomic E-state index is 0.0271. The molecule has 128 valence electrons. The SMILES string of the molecule is COCCN1CCc2nc(SCc3ccc(Cl)cc3)[nH]c(=O)c2C1. The van der Waals surface area contributed by atoms with Crippen molar-refractivity contribution in [2.75, 3.05) is 26.8 Å². The Hall–Kier alpha value is -1.34. The van der Waals surface area contributed by atoms with Gasteiger partial charge in [0.25, 0.3) is 5.56 Å². The Balaban J connectivity index is 1.68. The maximum Gasteiger partial charge on any atom is 0.256 e. The summed E-state index contributed by atoms with van der Waals surface area (Å²) in [6, 6.07) is 7.71. The van der Waals surface area contributed by atoms with E-state index in [0.717, 1.165) is 47.1 Å². The molecule has 0 bridgehead atoms. The van der Waals surface area contributed by atoms with E-state index in [-0.39, 0.29) is 5.56 Å². The van der Waals surface area contributed by atoms with Gasteiger partial charge in [-0.2, -0.15) is 0 Å². The average Bonchev–Trinajstić information content (AvgIpc) is 2.60. The van der Waals surface area contributed by atoms with E-state index in [1.807, 2.05) is 24.3 Å². The van der Waals surface area contributed by atoms with Gasteiger partial charge >= 0.3 is 0 Å². The van der Waals surface area contributed by atoms with Crippen LogP contribution in [0.1, 0.15) is 16.8 Å². The summed E-state index contributed by atoms with van der Waals surface area (Å²) in [6.45, 7) is 3.06. The lowest BCUT2D eigenvalue weighted by Crippen LogP contribution is -2.37. The van der Waals surface area contributed by atoms with Crippen LogP contribution in [0.15, 0.2) is 34.2 Å². The molecule has 0 radical (unpaired) electrons. The number of nitrogens with zero attached hydrogens (tertiary/aromatic N) is 2. The summed E-state index contributed by atoms with van der Waals surface area (Å²) >= 11 is 7.43. The number of H-pyrrole nitrogens is 1. The van der Waals surface area contributed by atoms with E-state index < -0.39 is 0 Å². The van der Waals surface area contributed by atoms with Crippen molar-refractivity contribution in [3.8, 4) is 0 Å². The smallest absolute Gasteiger partial charge is 0.256 e. The molecule has 1 aliphatic heterocycles. The van der Waals surface area contributed by atoms with Crippen molar-refractivity contribution in [1.82, 2.24) is 14.9 Å². The van der Waals surface area contributed by atoms with Crippen molar-refractivity contribution in [3.05, 3.63) is 56.5 Å². The molecule has 0 saturated heterocycles. The fraction of sp³-hybridized carbons (Fsp3) is 0.412. The predicted molar refractivity (Wildman–Crippen MR) is 96.7 cm³/mol. The molecule has 3 rings (SSSR count). The second kappa shape index (κ2) is 8.16. The number of methoxy groups -OCH3 is 1. The Morgan fingerprint density at radius 3 is 2.92 bits per heavy atom. The maximum atomic E-state index is 12.4. The van der Waals surface area contributed by atoms with Gasteiger partial charge in [0.15, 0.2) is 5.16 Å². The molecule has 24 heavy (non-hydrogen) atoms. The van der Waals surface area contributed by atoms with Crippen molar-refractivity contribution >= 4 is 23.4 Å². The lowest BCUT2D eigenvalue weighted by atomic mass is 10.1. The summed E-state index contributed by atoms with van der Waals surface area (Å²) in [6.07, 6.45) is 0.803. The third-order valence-electron chi connectivity index (χ3n) is 4.03. The lowest BCUT2D eigenvalue weighted by molar-refractivity contribution is 0.139. The molecule has 0 amide bonds. The van der Waals surface area contributed by atoms with Gasteiger partial charge < -0.3 is 9.72 Å². The topological polar surface area (TPSA) is 58.2 Å². The Morgan fingerprint density at radius 2 is 2.17 bits per heavy atom. The molecular weight excluding hydrogens is 346 g/mol. The van der Waals surface area contributed by atoms with Gasteiger partial charge in [-0.3, -0.25) is 9.69 Å². The molecule has 2 heterocycles. The standard InChI is InChI=1S/C17H20ClN3O2S/c1-23-9-8-21-7-6-15-14(10-21)16(22)20-17(19-15)24-11-12-2-4-13(18)5-3-12/h2-5H,6-11H2,1H3,(H,19,20,22). The molecule has 0 unspecified atom stereocenters. The van der Waals surface area contributed by atoms with Gasteiger partial charge in [0.05, 0.1) is 17.9 Å². The van der Waals surface area contributed by atoms with Crippen LogP contribution in [0.4, 0.5) is 0 Å². The molecule has 0 fully saturated rings. The number of thioether (sulfide) groups is 1. The highest BCUT2D eigenvalue weighted by atomic mass is 35.5. The highest BCUT2D eigenvalue weighted by molar-refractivity contribution is 7.98. The molecule has 1 aromatic carbocycles. The van der Waals surface area contributed by atoms with Gasteiger partial charge in [0.2, 0.25) is 0 Å². The number of ether oxygens (including phenoxy) is 1. The van der Waals surface area contributed by atoms with Crippen LogP contribution >= 0.6 is 23.4 Å². The van der Waals surface area contributed by atoms with E-state index in [9.17, 15) is 4.79 Å². The van der Waals surface area contributed by atoms with E-state index in [2.05, 4.69) is 14.9 Å². The van der Waals surface area contributed by atoms with E-state index in [0.29, 0.717) is 18.3 Å². The van der Waals surface area contributed by atoms with Gasteiger partial charge in [-0.15, -0.1) is 0 Å². The summed E-state index contributed by atoms with van der Waals surface area (Å²) in [5.74, 6) is 0.749. The quantitative estimate of drug-likeness (QED) is 0.630. The fourth-order valence-corrected chi connectivity index (χ4v) is 3.63. The van der Waals surface area contributed by atoms with Crippen molar-refractivity contribution in [2.24, 2.45) is 0 Å². The molecule has 7 heteroatoms. The third kappa shape index (κ3) is 4.39. The predicted octanol–water partition coefficient (Wildman–Crippen LogP) is 2.72. The summed E-state index contributed by atoms with van der Waals surface area (Å²) < 4.78 is 5.11. The Kier molecular flexibility index (Phi) is 5.94. The molecule has 0 spiro atoms. The van der Waals surface area contributed by atoms with Crippen LogP contribution in [0.25, 0.3) is 0 Å². The first-order chi connectivity index (χ1) is 11.7. The van der Waals surface area contributed by atoms with Crippen LogP contribution < -0.4 is 5.56 Å². The van der Waals surface area contributed by atoms with Crippen molar-refractivity contribution < 1.29 is 4.74 Å². The second-order valence-corrected chi connectivity index (χ2v) is 7.13. The zero-order valence-corrected chi connectivity index (χ0v) is 15.1. The van der Waals surface area contributed by atoms with Gasteiger partial charge in [0.1, 0.15) is 0 Å².